The monoisotopic (exact) mass is 362 g/mol. The largest absolute Gasteiger partial charge is 0.679 e. The van der Waals surface area contributed by atoms with Crippen molar-refractivity contribution in [3.63, 3.8) is 0 Å². The first-order valence-corrected chi connectivity index (χ1v) is 11.9. The molecular formula is C19H42O4Si. The van der Waals surface area contributed by atoms with E-state index in [0.717, 1.165) is 6.42 Å². The van der Waals surface area contributed by atoms with Crippen LogP contribution in [0.2, 0.25) is 0 Å². The van der Waals surface area contributed by atoms with Crippen molar-refractivity contribution < 1.29 is 17.7 Å². The highest BCUT2D eigenvalue weighted by atomic mass is 28.4. The highest BCUT2D eigenvalue weighted by Gasteiger charge is 2.44. The van der Waals surface area contributed by atoms with E-state index >= 15 is 0 Å². The van der Waals surface area contributed by atoms with Gasteiger partial charge < -0.3 is 17.7 Å². The van der Waals surface area contributed by atoms with Crippen molar-refractivity contribution in [2.24, 2.45) is 0 Å². The van der Waals surface area contributed by atoms with Crippen LogP contribution in [0.5, 0.6) is 0 Å². The van der Waals surface area contributed by atoms with Gasteiger partial charge in [0.05, 0.1) is 0 Å². The predicted molar refractivity (Wildman–Crippen MR) is 103 cm³/mol. The van der Waals surface area contributed by atoms with E-state index in [2.05, 4.69) is 6.92 Å². The smallest absolute Gasteiger partial charge is 0.351 e. The van der Waals surface area contributed by atoms with Crippen molar-refractivity contribution in [2.45, 2.75) is 98.3 Å². The molecule has 0 atom stereocenters. The molecule has 0 unspecified atom stereocenters. The fourth-order valence-electron chi connectivity index (χ4n) is 2.74. The summed E-state index contributed by atoms with van der Waals surface area (Å²) in [6.45, 7) is 10.5. The van der Waals surface area contributed by atoms with Crippen LogP contribution in [-0.2, 0) is 17.7 Å². The van der Waals surface area contributed by atoms with Gasteiger partial charge in [-0.25, -0.2) is 0 Å². The van der Waals surface area contributed by atoms with E-state index in [4.69, 9.17) is 17.7 Å². The second kappa shape index (κ2) is 17.9. The third-order valence-corrected chi connectivity index (χ3v) is 6.47. The summed E-state index contributed by atoms with van der Waals surface area (Å²) in [6.07, 6.45) is 14.7. The zero-order chi connectivity index (χ0) is 17.9. The standard InChI is InChI=1S/C19H42O4Si/c1-5-9-10-11-12-13-14-15-16-17-18-19-23-24(20-6-2,21-7-3)22-8-4/h5-19H2,1-4H3. The van der Waals surface area contributed by atoms with Crippen molar-refractivity contribution in [1.82, 2.24) is 0 Å². The summed E-state index contributed by atoms with van der Waals surface area (Å²) >= 11 is 0. The second-order valence-electron chi connectivity index (χ2n) is 6.18. The SMILES string of the molecule is CCCCCCCCCCCCCO[Si](OCC)(OCC)OCC. The fourth-order valence-corrected chi connectivity index (χ4v) is 4.70. The summed E-state index contributed by atoms with van der Waals surface area (Å²) in [4.78, 5) is 0. The van der Waals surface area contributed by atoms with E-state index < -0.39 is 9.05 Å². The molecule has 0 spiro atoms. The minimum Gasteiger partial charge on any atom is -0.351 e. The highest BCUT2D eigenvalue weighted by molar-refractivity contribution is 6.53. The number of unbranched alkanes of at least 4 members (excludes halogenated alkanes) is 10. The molecule has 0 bridgehead atoms. The minimum absolute atomic E-state index is 0.560. The molecule has 0 aromatic carbocycles. The Kier molecular flexibility index (Phi) is 17.9. The van der Waals surface area contributed by atoms with Crippen LogP contribution in [0.1, 0.15) is 98.3 Å². The summed E-state index contributed by atoms with van der Waals surface area (Å²) in [5, 5.41) is 0. The first-order valence-electron chi connectivity index (χ1n) is 10.3. The zero-order valence-corrected chi connectivity index (χ0v) is 17.7. The van der Waals surface area contributed by atoms with E-state index in [9.17, 15) is 0 Å². The lowest BCUT2D eigenvalue weighted by Gasteiger charge is -2.26. The Morgan fingerprint density at radius 3 is 1.21 bits per heavy atom. The molecule has 0 aromatic heterocycles. The van der Waals surface area contributed by atoms with Crippen molar-refractivity contribution in [1.29, 1.82) is 0 Å². The lowest BCUT2D eigenvalue weighted by molar-refractivity contribution is -0.0280. The van der Waals surface area contributed by atoms with Crippen molar-refractivity contribution in [3.8, 4) is 0 Å². The van der Waals surface area contributed by atoms with Gasteiger partial charge >= 0.3 is 9.05 Å². The first kappa shape index (κ1) is 24.1. The molecule has 0 heterocycles. The maximum Gasteiger partial charge on any atom is 0.679 e. The molecule has 0 rings (SSSR count). The van der Waals surface area contributed by atoms with E-state index in [1.807, 2.05) is 20.8 Å². The van der Waals surface area contributed by atoms with Crippen LogP contribution in [0.15, 0.2) is 0 Å². The van der Waals surface area contributed by atoms with Crippen LogP contribution in [0, 0.1) is 0 Å². The van der Waals surface area contributed by atoms with Gasteiger partial charge in [0.1, 0.15) is 0 Å². The quantitative estimate of drug-likeness (QED) is 0.213. The van der Waals surface area contributed by atoms with Gasteiger partial charge in [-0.2, -0.15) is 0 Å². The van der Waals surface area contributed by atoms with Gasteiger partial charge in [-0.3, -0.25) is 0 Å². The summed E-state index contributed by atoms with van der Waals surface area (Å²) in [6, 6.07) is 0. The first-order chi connectivity index (χ1) is 11.7. The molecule has 0 aliphatic rings. The number of hydrogen-bond donors (Lipinski definition) is 0. The third kappa shape index (κ3) is 13.4. The Balaban J connectivity index is 3.60. The summed E-state index contributed by atoms with van der Waals surface area (Å²) in [7, 11) is -2.89. The third-order valence-electron chi connectivity index (χ3n) is 3.99. The summed E-state index contributed by atoms with van der Waals surface area (Å²) < 4.78 is 23.0. The van der Waals surface area contributed by atoms with Gasteiger partial charge in [-0.1, -0.05) is 71.1 Å². The van der Waals surface area contributed by atoms with Gasteiger partial charge in [0, 0.05) is 26.4 Å². The molecule has 0 aliphatic carbocycles. The lowest BCUT2D eigenvalue weighted by atomic mass is 10.1. The Morgan fingerprint density at radius 2 is 0.833 bits per heavy atom. The van der Waals surface area contributed by atoms with Gasteiger partial charge in [0.2, 0.25) is 0 Å². The van der Waals surface area contributed by atoms with Crippen LogP contribution < -0.4 is 0 Å². The Labute approximate surface area is 152 Å². The molecule has 24 heavy (non-hydrogen) atoms. The molecule has 0 radical (unpaired) electrons. The van der Waals surface area contributed by atoms with Gasteiger partial charge in [-0.05, 0) is 27.2 Å². The maximum atomic E-state index is 5.91. The number of hydrogen-bond acceptors (Lipinski definition) is 4. The van der Waals surface area contributed by atoms with E-state index in [-0.39, 0.29) is 0 Å². The molecule has 0 aromatic rings. The molecular weight excluding hydrogens is 320 g/mol. The number of rotatable bonds is 19. The zero-order valence-electron chi connectivity index (χ0n) is 16.7. The van der Waals surface area contributed by atoms with E-state index in [1.54, 1.807) is 0 Å². The molecule has 0 saturated carbocycles. The van der Waals surface area contributed by atoms with Crippen molar-refractivity contribution in [3.05, 3.63) is 0 Å². The summed E-state index contributed by atoms with van der Waals surface area (Å²) in [5.74, 6) is 0. The Hall–Kier alpha value is 0.0569. The Morgan fingerprint density at radius 1 is 0.458 bits per heavy atom. The van der Waals surface area contributed by atoms with Crippen molar-refractivity contribution in [2.75, 3.05) is 26.4 Å². The average molecular weight is 363 g/mol. The minimum atomic E-state index is -2.89. The van der Waals surface area contributed by atoms with Gasteiger partial charge in [-0.15, -0.1) is 0 Å². The highest BCUT2D eigenvalue weighted by Crippen LogP contribution is 2.14. The van der Waals surface area contributed by atoms with Crippen LogP contribution in [0.3, 0.4) is 0 Å². The van der Waals surface area contributed by atoms with Crippen LogP contribution in [-0.4, -0.2) is 35.5 Å². The topological polar surface area (TPSA) is 36.9 Å². The van der Waals surface area contributed by atoms with Crippen LogP contribution >= 0.6 is 0 Å². The lowest BCUT2D eigenvalue weighted by Crippen LogP contribution is -2.49. The predicted octanol–water partition coefficient (Wildman–Crippen LogP) is 5.86. The van der Waals surface area contributed by atoms with E-state index in [1.165, 1.54) is 64.2 Å². The Bertz CT molecular complexity index is 235. The molecule has 146 valence electrons. The molecule has 0 saturated heterocycles. The molecule has 5 heteroatoms. The van der Waals surface area contributed by atoms with Gasteiger partial charge in [0.15, 0.2) is 0 Å². The molecule has 0 amide bonds. The molecule has 4 nitrogen and oxygen atoms in total. The second-order valence-corrected chi connectivity index (χ2v) is 8.34. The maximum absolute atomic E-state index is 5.91. The van der Waals surface area contributed by atoms with E-state index in [0.29, 0.717) is 26.4 Å². The summed E-state index contributed by atoms with van der Waals surface area (Å²) in [5.41, 5.74) is 0. The fraction of sp³-hybridized carbons (Fsp3) is 1.00. The molecule has 0 N–H and O–H groups in total. The normalized spacial score (nSPS) is 12.0. The molecule has 0 aliphatic heterocycles. The molecule has 0 fully saturated rings. The van der Waals surface area contributed by atoms with Crippen LogP contribution in [0.25, 0.3) is 0 Å². The van der Waals surface area contributed by atoms with Crippen molar-refractivity contribution >= 4 is 9.05 Å². The van der Waals surface area contributed by atoms with Crippen LogP contribution in [0.4, 0.5) is 0 Å². The average Bonchev–Trinajstić information content (AvgIpc) is 2.56. The van der Waals surface area contributed by atoms with Gasteiger partial charge in [0.25, 0.3) is 0 Å².